The van der Waals surface area contributed by atoms with Crippen LogP contribution in [0.4, 0.5) is 5.69 Å². The maximum atomic E-state index is 11.8. The van der Waals surface area contributed by atoms with Crippen molar-refractivity contribution in [2.45, 2.75) is 6.42 Å². The van der Waals surface area contributed by atoms with Crippen LogP contribution in [0.15, 0.2) is 22.7 Å². The van der Waals surface area contributed by atoms with Crippen molar-refractivity contribution in [1.82, 2.24) is 10.2 Å². The summed E-state index contributed by atoms with van der Waals surface area (Å²) in [6.07, 6.45) is 0.831. The Balaban J connectivity index is 2.62. The summed E-state index contributed by atoms with van der Waals surface area (Å²) in [5.74, 6) is -0.297. The third-order valence-corrected chi connectivity index (χ3v) is 3.14. The highest BCUT2D eigenvalue weighted by molar-refractivity contribution is 9.10. The minimum atomic E-state index is -0.521. The van der Waals surface area contributed by atoms with Crippen molar-refractivity contribution in [3.63, 3.8) is 0 Å². The first-order valence-corrected chi connectivity index (χ1v) is 6.58. The zero-order valence-corrected chi connectivity index (χ0v) is 12.4. The molecule has 0 saturated heterocycles. The largest absolute Gasteiger partial charge is 0.352 e. The lowest BCUT2D eigenvalue weighted by Gasteiger charge is -2.10. The smallest absolute Gasteiger partial charge is 0.284 e. The van der Waals surface area contributed by atoms with Gasteiger partial charge in [0.25, 0.3) is 11.6 Å². The topological polar surface area (TPSA) is 75.5 Å². The number of hydrogen-bond donors (Lipinski definition) is 1. The number of amides is 1. The lowest BCUT2D eigenvalue weighted by molar-refractivity contribution is -0.385. The summed E-state index contributed by atoms with van der Waals surface area (Å²) >= 11 is 3.08. The predicted molar refractivity (Wildman–Crippen MR) is 76.3 cm³/mol. The maximum absolute atomic E-state index is 11.8. The van der Waals surface area contributed by atoms with E-state index < -0.39 is 4.92 Å². The van der Waals surface area contributed by atoms with E-state index in [4.69, 9.17) is 0 Å². The van der Waals surface area contributed by atoms with Crippen molar-refractivity contribution in [3.8, 4) is 0 Å². The zero-order valence-electron chi connectivity index (χ0n) is 10.9. The molecule has 0 spiro atoms. The van der Waals surface area contributed by atoms with Crippen molar-refractivity contribution in [2.24, 2.45) is 0 Å². The summed E-state index contributed by atoms with van der Waals surface area (Å²) in [4.78, 5) is 24.1. The Labute approximate surface area is 120 Å². The molecule has 1 aromatic rings. The summed E-state index contributed by atoms with van der Waals surface area (Å²) < 4.78 is 0.363. The molecule has 0 bridgehead atoms. The van der Waals surface area contributed by atoms with Gasteiger partial charge in [0.15, 0.2) is 0 Å². The summed E-state index contributed by atoms with van der Waals surface area (Å²) in [6.45, 7) is 1.42. The normalized spacial score (nSPS) is 10.5. The summed E-state index contributed by atoms with van der Waals surface area (Å²) in [7, 11) is 3.92. The fourth-order valence-electron chi connectivity index (χ4n) is 1.49. The number of carbonyl (C=O) groups is 1. The van der Waals surface area contributed by atoms with Crippen LogP contribution in [0.25, 0.3) is 0 Å². The third-order valence-electron chi connectivity index (χ3n) is 2.47. The number of halogens is 1. The second-order valence-electron chi connectivity index (χ2n) is 4.34. The molecule has 0 radical (unpaired) electrons. The molecular weight excluding hydrogens is 314 g/mol. The van der Waals surface area contributed by atoms with Crippen molar-refractivity contribution >= 4 is 27.5 Å². The molecule has 0 unspecified atom stereocenters. The van der Waals surface area contributed by atoms with Crippen LogP contribution >= 0.6 is 15.9 Å². The van der Waals surface area contributed by atoms with Crippen LogP contribution in [0.5, 0.6) is 0 Å². The third kappa shape index (κ3) is 4.96. The Morgan fingerprint density at radius 2 is 2.16 bits per heavy atom. The quantitative estimate of drug-likeness (QED) is 0.492. The number of rotatable bonds is 6. The van der Waals surface area contributed by atoms with Gasteiger partial charge in [-0.15, -0.1) is 0 Å². The number of nitrogens with zero attached hydrogens (tertiary/aromatic N) is 2. The molecule has 1 amide bonds. The van der Waals surface area contributed by atoms with Gasteiger partial charge < -0.3 is 10.2 Å². The molecule has 0 fully saturated rings. The van der Waals surface area contributed by atoms with Gasteiger partial charge in [-0.1, -0.05) is 0 Å². The predicted octanol–water partition coefficient (Wildman–Crippen LogP) is 2.04. The molecule has 0 atom stereocenters. The van der Waals surface area contributed by atoms with Gasteiger partial charge >= 0.3 is 0 Å². The molecule has 0 heterocycles. The molecule has 7 heteroatoms. The van der Waals surface area contributed by atoms with E-state index in [-0.39, 0.29) is 11.6 Å². The number of benzene rings is 1. The molecule has 104 valence electrons. The van der Waals surface area contributed by atoms with E-state index in [9.17, 15) is 14.9 Å². The average molecular weight is 330 g/mol. The zero-order chi connectivity index (χ0) is 14.4. The first-order valence-electron chi connectivity index (χ1n) is 5.78. The minimum absolute atomic E-state index is 0.110. The Morgan fingerprint density at radius 3 is 2.74 bits per heavy atom. The number of nitrogens with one attached hydrogen (secondary N) is 1. The van der Waals surface area contributed by atoms with Crippen molar-refractivity contribution < 1.29 is 9.72 Å². The van der Waals surface area contributed by atoms with Gasteiger partial charge in [-0.2, -0.15) is 0 Å². The molecule has 0 aliphatic heterocycles. The maximum Gasteiger partial charge on any atom is 0.284 e. The minimum Gasteiger partial charge on any atom is -0.352 e. The number of nitro benzene ring substituents is 1. The van der Waals surface area contributed by atoms with Crippen molar-refractivity contribution in [1.29, 1.82) is 0 Å². The molecule has 19 heavy (non-hydrogen) atoms. The van der Waals surface area contributed by atoms with Gasteiger partial charge in [-0.25, -0.2) is 0 Å². The highest BCUT2D eigenvalue weighted by atomic mass is 79.9. The Kier molecular flexibility index (Phi) is 5.91. The molecule has 0 saturated carbocycles. The fraction of sp³-hybridized carbons (Fsp3) is 0.417. The first-order chi connectivity index (χ1) is 8.91. The molecule has 0 aromatic heterocycles. The van der Waals surface area contributed by atoms with Gasteiger partial charge in [-0.3, -0.25) is 14.9 Å². The van der Waals surface area contributed by atoms with E-state index in [2.05, 4.69) is 21.2 Å². The highest BCUT2D eigenvalue weighted by Crippen LogP contribution is 2.25. The van der Waals surface area contributed by atoms with Crippen molar-refractivity contribution in [3.05, 3.63) is 38.3 Å². The Hall–Kier alpha value is -1.47. The van der Waals surface area contributed by atoms with Crippen LogP contribution in [0.2, 0.25) is 0 Å². The van der Waals surface area contributed by atoms with Gasteiger partial charge in [0.05, 0.1) is 9.40 Å². The lowest BCUT2D eigenvalue weighted by atomic mass is 10.2. The van der Waals surface area contributed by atoms with Crippen LogP contribution in [0.1, 0.15) is 16.8 Å². The van der Waals surface area contributed by atoms with E-state index in [0.29, 0.717) is 16.6 Å². The van der Waals surface area contributed by atoms with E-state index in [1.54, 1.807) is 6.07 Å². The molecule has 0 aliphatic rings. The molecule has 6 nitrogen and oxygen atoms in total. The van der Waals surface area contributed by atoms with Gasteiger partial charge in [0, 0.05) is 18.2 Å². The van der Waals surface area contributed by atoms with Crippen LogP contribution in [-0.2, 0) is 0 Å². The standard InChI is InChI=1S/C12H16BrN3O3/c1-15(2)7-3-6-14-12(17)9-4-5-10(13)11(8-9)16(18)19/h4-5,8H,3,6-7H2,1-2H3,(H,14,17). The lowest BCUT2D eigenvalue weighted by Crippen LogP contribution is -2.27. The molecule has 1 aromatic carbocycles. The van der Waals surface area contributed by atoms with Crippen LogP contribution in [0.3, 0.4) is 0 Å². The summed E-state index contributed by atoms with van der Waals surface area (Å²) in [5.41, 5.74) is 0.181. The Morgan fingerprint density at radius 1 is 1.47 bits per heavy atom. The first kappa shape index (κ1) is 15.6. The van der Waals surface area contributed by atoms with Gasteiger partial charge in [-0.05, 0) is 55.1 Å². The monoisotopic (exact) mass is 329 g/mol. The van der Waals surface area contributed by atoms with Crippen LogP contribution in [0, 0.1) is 10.1 Å². The number of hydrogen-bond acceptors (Lipinski definition) is 4. The summed E-state index contributed by atoms with van der Waals surface area (Å²) in [5, 5.41) is 13.5. The fourth-order valence-corrected chi connectivity index (χ4v) is 1.88. The van der Waals surface area contributed by atoms with E-state index >= 15 is 0 Å². The number of nitro groups is 1. The van der Waals surface area contributed by atoms with Crippen LogP contribution in [-0.4, -0.2) is 42.9 Å². The van der Waals surface area contributed by atoms with Gasteiger partial charge in [0.1, 0.15) is 0 Å². The van der Waals surface area contributed by atoms with E-state index in [1.807, 2.05) is 19.0 Å². The molecule has 1 rings (SSSR count). The van der Waals surface area contributed by atoms with Gasteiger partial charge in [0.2, 0.25) is 0 Å². The second kappa shape index (κ2) is 7.20. The Bertz CT molecular complexity index is 477. The molecule has 1 N–H and O–H groups in total. The average Bonchev–Trinajstić information content (AvgIpc) is 2.34. The highest BCUT2D eigenvalue weighted by Gasteiger charge is 2.15. The van der Waals surface area contributed by atoms with E-state index in [0.717, 1.165) is 13.0 Å². The SMILES string of the molecule is CN(C)CCCNC(=O)c1ccc(Br)c([N+](=O)[O-])c1. The summed E-state index contributed by atoms with van der Waals surface area (Å²) in [6, 6.07) is 4.33. The molecule has 0 aliphatic carbocycles. The second-order valence-corrected chi connectivity index (χ2v) is 5.19. The van der Waals surface area contributed by atoms with Crippen molar-refractivity contribution in [2.75, 3.05) is 27.2 Å². The van der Waals surface area contributed by atoms with E-state index in [1.165, 1.54) is 12.1 Å². The number of carbonyl (C=O) groups excluding carboxylic acids is 1. The molecular formula is C12H16BrN3O3. The van der Waals surface area contributed by atoms with Crippen LogP contribution < -0.4 is 5.32 Å².